The maximum Gasteiger partial charge on any atom is 0.251 e. The SMILES string of the molecule is CCOCCNc1nc(SCC)nc2c1cnn2CCNC(=O)c1ccc(C(C)(C)C)cc1. The second kappa shape index (κ2) is 11.5. The zero-order valence-corrected chi connectivity index (χ0v) is 21.0. The summed E-state index contributed by atoms with van der Waals surface area (Å²) in [4.78, 5) is 21.9. The number of rotatable bonds is 11. The van der Waals surface area contributed by atoms with Gasteiger partial charge in [-0.2, -0.15) is 5.10 Å². The molecule has 0 spiro atoms. The number of nitrogens with one attached hydrogen (secondary N) is 2. The number of benzene rings is 1. The van der Waals surface area contributed by atoms with Crippen molar-refractivity contribution in [3.8, 4) is 0 Å². The van der Waals surface area contributed by atoms with Crippen molar-refractivity contribution in [1.82, 2.24) is 25.1 Å². The van der Waals surface area contributed by atoms with Crippen LogP contribution in [-0.2, 0) is 16.7 Å². The standard InChI is InChI=1S/C24H34N6O2S/c1-6-32-15-13-25-20-19-16-27-30(21(19)29-23(28-20)33-7-2)14-12-26-22(31)17-8-10-18(11-9-17)24(3,4)5/h8-11,16H,6-7,12-15H2,1-5H3,(H,26,31)(H,25,28,29). The van der Waals surface area contributed by atoms with Crippen LogP contribution < -0.4 is 10.6 Å². The van der Waals surface area contributed by atoms with Crippen LogP contribution in [0.3, 0.4) is 0 Å². The lowest BCUT2D eigenvalue weighted by atomic mass is 9.87. The fourth-order valence-electron chi connectivity index (χ4n) is 3.31. The van der Waals surface area contributed by atoms with Gasteiger partial charge in [-0.1, -0.05) is 51.6 Å². The number of aromatic nitrogens is 4. The minimum atomic E-state index is -0.0953. The highest BCUT2D eigenvalue weighted by molar-refractivity contribution is 7.99. The van der Waals surface area contributed by atoms with Crippen LogP contribution in [0.4, 0.5) is 5.82 Å². The van der Waals surface area contributed by atoms with Crippen LogP contribution in [0.15, 0.2) is 35.6 Å². The van der Waals surface area contributed by atoms with Gasteiger partial charge in [0.15, 0.2) is 10.8 Å². The molecule has 0 bridgehead atoms. The summed E-state index contributed by atoms with van der Waals surface area (Å²) in [6.45, 7) is 13.4. The summed E-state index contributed by atoms with van der Waals surface area (Å²) in [5.74, 6) is 1.54. The number of carbonyl (C=O) groups excluding carboxylic acids is 1. The molecule has 33 heavy (non-hydrogen) atoms. The van der Waals surface area contributed by atoms with Crippen molar-refractivity contribution >= 4 is 34.5 Å². The number of hydrogen-bond acceptors (Lipinski definition) is 7. The van der Waals surface area contributed by atoms with E-state index in [0.29, 0.717) is 43.6 Å². The third-order valence-electron chi connectivity index (χ3n) is 5.11. The van der Waals surface area contributed by atoms with Gasteiger partial charge in [0.05, 0.1) is 24.7 Å². The minimum absolute atomic E-state index is 0.0592. The first kappa shape index (κ1) is 25.0. The van der Waals surface area contributed by atoms with E-state index in [9.17, 15) is 4.79 Å². The maximum absolute atomic E-state index is 12.6. The molecule has 2 aromatic heterocycles. The molecule has 0 aliphatic carbocycles. The fraction of sp³-hybridized carbons (Fsp3) is 0.500. The lowest BCUT2D eigenvalue weighted by Crippen LogP contribution is -2.27. The summed E-state index contributed by atoms with van der Waals surface area (Å²) in [6, 6.07) is 7.78. The summed E-state index contributed by atoms with van der Waals surface area (Å²) in [5.41, 5.74) is 2.67. The van der Waals surface area contributed by atoms with E-state index in [0.717, 1.165) is 22.6 Å². The number of amides is 1. The molecule has 0 atom stereocenters. The van der Waals surface area contributed by atoms with E-state index in [1.165, 1.54) is 5.56 Å². The van der Waals surface area contributed by atoms with Gasteiger partial charge in [0, 0.05) is 25.3 Å². The maximum atomic E-state index is 12.6. The van der Waals surface area contributed by atoms with E-state index < -0.39 is 0 Å². The Balaban J connectivity index is 1.67. The smallest absolute Gasteiger partial charge is 0.251 e. The third-order valence-corrected chi connectivity index (χ3v) is 5.84. The highest BCUT2D eigenvalue weighted by Gasteiger charge is 2.15. The molecule has 0 aliphatic heterocycles. The van der Waals surface area contributed by atoms with E-state index in [1.807, 2.05) is 35.9 Å². The predicted octanol–water partition coefficient (Wildman–Crippen LogP) is 4.11. The van der Waals surface area contributed by atoms with Crippen LogP contribution in [0.2, 0.25) is 0 Å². The third kappa shape index (κ3) is 6.68. The average Bonchev–Trinajstić information content (AvgIpc) is 3.19. The molecule has 178 valence electrons. The molecule has 0 unspecified atom stereocenters. The van der Waals surface area contributed by atoms with Gasteiger partial charge in [-0.15, -0.1) is 0 Å². The summed E-state index contributed by atoms with van der Waals surface area (Å²) >= 11 is 1.58. The van der Waals surface area contributed by atoms with Crippen molar-refractivity contribution in [3.63, 3.8) is 0 Å². The number of thioether (sulfide) groups is 1. The van der Waals surface area contributed by atoms with Crippen LogP contribution in [0.1, 0.15) is 50.5 Å². The van der Waals surface area contributed by atoms with Gasteiger partial charge in [0.2, 0.25) is 0 Å². The van der Waals surface area contributed by atoms with Crippen LogP contribution in [0, 0.1) is 0 Å². The minimum Gasteiger partial charge on any atom is -0.380 e. The molecule has 1 amide bonds. The summed E-state index contributed by atoms with van der Waals surface area (Å²) in [5, 5.41) is 12.4. The molecule has 0 saturated heterocycles. The Morgan fingerprint density at radius 2 is 1.88 bits per heavy atom. The summed E-state index contributed by atoms with van der Waals surface area (Å²) in [7, 11) is 0. The molecular formula is C24H34N6O2S. The first-order valence-corrected chi connectivity index (χ1v) is 12.4. The first-order chi connectivity index (χ1) is 15.8. The second-order valence-corrected chi connectivity index (χ2v) is 9.83. The molecular weight excluding hydrogens is 436 g/mol. The van der Waals surface area contributed by atoms with Gasteiger partial charge in [-0.3, -0.25) is 4.79 Å². The van der Waals surface area contributed by atoms with Gasteiger partial charge in [0.1, 0.15) is 5.82 Å². The zero-order valence-electron chi connectivity index (χ0n) is 20.1. The van der Waals surface area contributed by atoms with Gasteiger partial charge in [-0.05, 0) is 35.8 Å². The molecule has 9 heteroatoms. The quantitative estimate of drug-likeness (QED) is 0.247. The molecule has 2 N–H and O–H groups in total. The number of fused-ring (bicyclic) bond motifs is 1. The van der Waals surface area contributed by atoms with E-state index >= 15 is 0 Å². The molecule has 0 radical (unpaired) electrons. The Hall–Kier alpha value is -2.65. The monoisotopic (exact) mass is 470 g/mol. The predicted molar refractivity (Wildman–Crippen MR) is 134 cm³/mol. The molecule has 0 aliphatic rings. The molecule has 1 aromatic carbocycles. The normalized spacial score (nSPS) is 11.7. The highest BCUT2D eigenvalue weighted by atomic mass is 32.2. The van der Waals surface area contributed by atoms with Crippen LogP contribution in [-0.4, -0.2) is 57.7 Å². The average molecular weight is 471 g/mol. The number of carbonyl (C=O) groups is 1. The van der Waals surface area contributed by atoms with E-state index in [-0.39, 0.29) is 11.3 Å². The Morgan fingerprint density at radius 1 is 1.12 bits per heavy atom. The lowest BCUT2D eigenvalue weighted by Gasteiger charge is -2.19. The Morgan fingerprint density at radius 3 is 2.55 bits per heavy atom. The van der Waals surface area contributed by atoms with E-state index in [2.05, 4.69) is 53.4 Å². The van der Waals surface area contributed by atoms with Crippen LogP contribution in [0.25, 0.3) is 11.0 Å². The Labute approximate surface area is 199 Å². The van der Waals surface area contributed by atoms with Gasteiger partial charge >= 0.3 is 0 Å². The van der Waals surface area contributed by atoms with Crippen LogP contribution in [0.5, 0.6) is 0 Å². The molecule has 0 fully saturated rings. The lowest BCUT2D eigenvalue weighted by molar-refractivity contribution is 0.0952. The molecule has 0 saturated carbocycles. The van der Waals surface area contributed by atoms with Crippen molar-refractivity contribution < 1.29 is 9.53 Å². The molecule has 2 heterocycles. The van der Waals surface area contributed by atoms with Crippen molar-refractivity contribution in [1.29, 1.82) is 0 Å². The topological polar surface area (TPSA) is 94.0 Å². The second-order valence-electron chi connectivity index (χ2n) is 8.60. The van der Waals surface area contributed by atoms with Crippen molar-refractivity contribution in [2.75, 3.05) is 37.4 Å². The summed E-state index contributed by atoms with van der Waals surface area (Å²) < 4.78 is 7.23. The molecule has 3 aromatic rings. The highest BCUT2D eigenvalue weighted by Crippen LogP contribution is 2.24. The first-order valence-electron chi connectivity index (χ1n) is 11.4. The van der Waals surface area contributed by atoms with Crippen molar-refractivity contribution in [2.45, 2.75) is 51.7 Å². The number of nitrogens with zero attached hydrogens (tertiary/aromatic N) is 4. The Kier molecular flexibility index (Phi) is 8.68. The van der Waals surface area contributed by atoms with Gasteiger partial charge in [-0.25, -0.2) is 14.6 Å². The molecule has 8 nitrogen and oxygen atoms in total. The Bertz CT molecular complexity index is 1060. The number of anilines is 1. The van der Waals surface area contributed by atoms with Gasteiger partial charge in [0.25, 0.3) is 5.91 Å². The van der Waals surface area contributed by atoms with Gasteiger partial charge < -0.3 is 15.4 Å². The zero-order chi connectivity index (χ0) is 23.8. The van der Waals surface area contributed by atoms with Crippen LogP contribution >= 0.6 is 11.8 Å². The summed E-state index contributed by atoms with van der Waals surface area (Å²) in [6.07, 6.45) is 1.77. The molecule has 3 rings (SSSR count). The number of hydrogen-bond donors (Lipinski definition) is 2. The largest absolute Gasteiger partial charge is 0.380 e. The number of ether oxygens (including phenoxy) is 1. The van der Waals surface area contributed by atoms with Crippen molar-refractivity contribution in [3.05, 3.63) is 41.6 Å². The van der Waals surface area contributed by atoms with E-state index in [1.54, 1.807) is 18.0 Å². The van der Waals surface area contributed by atoms with E-state index in [4.69, 9.17) is 4.74 Å². The fourth-order valence-corrected chi connectivity index (χ4v) is 3.88. The van der Waals surface area contributed by atoms with Crippen molar-refractivity contribution in [2.24, 2.45) is 0 Å².